The first-order chi connectivity index (χ1) is 17.4. The summed E-state index contributed by atoms with van der Waals surface area (Å²) < 4.78 is 11.4. The molecule has 1 aliphatic heterocycles. The molecule has 36 heavy (non-hydrogen) atoms. The van der Waals surface area contributed by atoms with Crippen LogP contribution in [0, 0.1) is 6.92 Å². The Hall–Kier alpha value is -4.04. The van der Waals surface area contributed by atoms with Gasteiger partial charge in [0.2, 0.25) is 0 Å². The molecule has 0 bridgehead atoms. The molecular weight excluding hydrogens is 474 g/mol. The van der Waals surface area contributed by atoms with E-state index in [0.717, 1.165) is 32.4 Å². The molecule has 0 saturated carbocycles. The van der Waals surface area contributed by atoms with Gasteiger partial charge >= 0.3 is 5.97 Å². The summed E-state index contributed by atoms with van der Waals surface area (Å²) in [6.45, 7) is 5.49. The minimum Gasteiger partial charge on any atom is -0.479 e. The van der Waals surface area contributed by atoms with Crippen molar-refractivity contribution in [3.63, 3.8) is 0 Å². The van der Waals surface area contributed by atoms with Crippen molar-refractivity contribution in [1.29, 1.82) is 0 Å². The van der Waals surface area contributed by atoms with E-state index in [2.05, 4.69) is 4.98 Å². The fourth-order valence-corrected chi connectivity index (χ4v) is 5.04. The van der Waals surface area contributed by atoms with E-state index in [4.69, 9.17) is 14.5 Å². The molecule has 2 aromatic carbocycles. The third-order valence-electron chi connectivity index (χ3n) is 6.01. The monoisotopic (exact) mass is 499 g/mol. The molecule has 0 N–H and O–H groups in total. The van der Waals surface area contributed by atoms with Crippen LogP contribution in [0.4, 0.5) is 5.69 Å². The lowest BCUT2D eigenvalue weighted by Gasteiger charge is -2.36. The summed E-state index contributed by atoms with van der Waals surface area (Å²) >= 11 is 1.56. The van der Waals surface area contributed by atoms with Crippen LogP contribution in [0.2, 0.25) is 0 Å². The Balaban J connectivity index is 1.45. The average Bonchev–Trinajstić information content (AvgIpc) is 3.30. The summed E-state index contributed by atoms with van der Waals surface area (Å²) in [6.07, 6.45) is 1.02. The lowest BCUT2D eigenvalue weighted by atomic mass is 10.1. The second-order valence-electron chi connectivity index (χ2n) is 8.56. The van der Waals surface area contributed by atoms with E-state index in [1.807, 2.05) is 73.7 Å². The SMILES string of the molecule is Cc1sc(-c2ccccn2)nc1-c1ccc2c(c1)N(C(C)C(=O)OCc1ccccc1)C(=O)C(C)O2. The second-order valence-corrected chi connectivity index (χ2v) is 9.76. The number of anilines is 1. The van der Waals surface area contributed by atoms with Gasteiger partial charge in [0, 0.05) is 16.6 Å². The highest BCUT2D eigenvalue weighted by atomic mass is 32.1. The first kappa shape index (κ1) is 23.7. The summed E-state index contributed by atoms with van der Waals surface area (Å²) in [5.74, 6) is -0.251. The number of thiazole rings is 1. The zero-order valence-electron chi connectivity index (χ0n) is 20.2. The molecular formula is C28H25N3O4S. The van der Waals surface area contributed by atoms with E-state index in [1.54, 1.807) is 31.4 Å². The van der Waals surface area contributed by atoms with E-state index >= 15 is 0 Å². The predicted molar refractivity (Wildman–Crippen MR) is 139 cm³/mol. The van der Waals surface area contributed by atoms with Gasteiger partial charge in [0.25, 0.3) is 5.91 Å². The Bertz CT molecular complexity index is 1410. The summed E-state index contributed by atoms with van der Waals surface area (Å²) in [7, 11) is 0. The number of ether oxygens (including phenoxy) is 2. The van der Waals surface area contributed by atoms with Gasteiger partial charge in [-0.3, -0.25) is 14.7 Å². The van der Waals surface area contributed by atoms with Crippen LogP contribution in [0.1, 0.15) is 24.3 Å². The van der Waals surface area contributed by atoms with Crippen molar-refractivity contribution in [3.05, 3.63) is 83.4 Å². The van der Waals surface area contributed by atoms with Gasteiger partial charge in [0.1, 0.15) is 23.4 Å². The maximum absolute atomic E-state index is 13.2. The number of hydrogen-bond donors (Lipinski definition) is 0. The zero-order chi connectivity index (χ0) is 25.2. The topological polar surface area (TPSA) is 81.6 Å². The lowest BCUT2D eigenvalue weighted by molar-refractivity contribution is -0.147. The van der Waals surface area contributed by atoms with Crippen LogP contribution >= 0.6 is 11.3 Å². The minimum atomic E-state index is -0.831. The molecule has 1 amide bonds. The third-order valence-corrected chi connectivity index (χ3v) is 7.01. The summed E-state index contributed by atoms with van der Waals surface area (Å²) in [4.78, 5) is 37.9. The molecule has 2 unspecified atom stereocenters. The largest absolute Gasteiger partial charge is 0.479 e. The van der Waals surface area contributed by atoms with E-state index in [-0.39, 0.29) is 12.5 Å². The number of carbonyl (C=O) groups excluding carboxylic acids is 2. The van der Waals surface area contributed by atoms with E-state index in [1.165, 1.54) is 4.90 Å². The third kappa shape index (κ3) is 4.59. The van der Waals surface area contributed by atoms with E-state index < -0.39 is 18.1 Å². The maximum Gasteiger partial charge on any atom is 0.329 e. The molecule has 0 saturated heterocycles. The summed E-state index contributed by atoms with van der Waals surface area (Å²) in [6, 6.07) is 19.9. The normalized spacial score (nSPS) is 15.7. The van der Waals surface area contributed by atoms with Gasteiger partial charge in [-0.2, -0.15) is 0 Å². The summed E-state index contributed by atoms with van der Waals surface area (Å²) in [5.41, 5.74) is 3.83. The number of nitrogens with zero attached hydrogens (tertiary/aromatic N) is 3. The smallest absolute Gasteiger partial charge is 0.329 e. The fourth-order valence-electron chi connectivity index (χ4n) is 4.13. The average molecular weight is 500 g/mol. The highest BCUT2D eigenvalue weighted by molar-refractivity contribution is 7.15. The Morgan fingerprint density at radius 1 is 1.14 bits per heavy atom. The molecule has 5 rings (SSSR count). The molecule has 182 valence electrons. The molecule has 3 heterocycles. The van der Waals surface area contributed by atoms with Crippen molar-refractivity contribution in [2.24, 2.45) is 0 Å². The van der Waals surface area contributed by atoms with Gasteiger partial charge in [0.05, 0.1) is 17.1 Å². The van der Waals surface area contributed by atoms with Crippen LogP contribution < -0.4 is 9.64 Å². The van der Waals surface area contributed by atoms with Crippen LogP contribution in [0.3, 0.4) is 0 Å². The lowest BCUT2D eigenvalue weighted by Crippen LogP contribution is -2.51. The zero-order valence-corrected chi connectivity index (χ0v) is 21.0. The highest BCUT2D eigenvalue weighted by Gasteiger charge is 2.38. The number of benzene rings is 2. The Labute approximate surface area is 213 Å². The van der Waals surface area contributed by atoms with Crippen LogP contribution in [0.15, 0.2) is 72.9 Å². The molecule has 4 aromatic rings. The molecule has 8 heteroatoms. The van der Waals surface area contributed by atoms with Crippen LogP contribution in [-0.4, -0.2) is 34.0 Å². The van der Waals surface area contributed by atoms with Gasteiger partial charge in [-0.1, -0.05) is 36.4 Å². The molecule has 1 aliphatic rings. The minimum absolute atomic E-state index is 0.138. The van der Waals surface area contributed by atoms with E-state index in [0.29, 0.717) is 11.4 Å². The van der Waals surface area contributed by atoms with Crippen molar-refractivity contribution >= 4 is 28.9 Å². The number of rotatable bonds is 6. The van der Waals surface area contributed by atoms with Gasteiger partial charge in [-0.15, -0.1) is 11.3 Å². The second kappa shape index (κ2) is 9.91. The highest BCUT2D eigenvalue weighted by Crippen LogP contribution is 2.40. The fraction of sp³-hybridized carbons (Fsp3) is 0.214. The Morgan fingerprint density at radius 3 is 2.67 bits per heavy atom. The molecule has 2 atom stereocenters. The van der Waals surface area contributed by atoms with Crippen LogP contribution in [0.5, 0.6) is 5.75 Å². The Kier molecular flexibility index (Phi) is 6.52. The number of aromatic nitrogens is 2. The van der Waals surface area contributed by atoms with Gasteiger partial charge in [0.15, 0.2) is 6.10 Å². The van der Waals surface area contributed by atoms with Gasteiger partial charge < -0.3 is 9.47 Å². The molecule has 2 aromatic heterocycles. The number of hydrogen-bond acceptors (Lipinski definition) is 7. The molecule has 0 fully saturated rings. The van der Waals surface area contributed by atoms with Gasteiger partial charge in [-0.05, 0) is 56.7 Å². The first-order valence-electron chi connectivity index (χ1n) is 11.7. The standard InChI is InChI=1S/C28H25N3O4S/c1-17(28(33)34-16-20-9-5-4-6-10-20)31-23-15-21(12-13-24(23)35-18(2)27(31)32)25-19(3)36-26(30-25)22-11-7-8-14-29-22/h4-15,17-18H,16H2,1-3H3. The van der Waals surface area contributed by atoms with Crippen molar-refractivity contribution < 1.29 is 19.1 Å². The van der Waals surface area contributed by atoms with Crippen LogP contribution in [0.25, 0.3) is 22.0 Å². The number of esters is 1. The Morgan fingerprint density at radius 2 is 1.92 bits per heavy atom. The number of pyridine rings is 1. The number of amides is 1. The van der Waals surface area contributed by atoms with Gasteiger partial charge in [-0.25, -0.2) is 9.78 Å². The van der Waals surface area contributed by atoms with Crippen molar-refractivity contribution in [1.82, 2.24) is 9.97 Å². The van der Waals surface area contributed by atoms with Crippen molar-refractivity contribution in [3.8, 4) is 27.7 Å². The quantitative estimate of drug-likeness (QED) is 0.329. The molecule has 0 radical (unpaired) electrons. The maximum atomic E-state index is 13.2. The number of fused-ring (bicyclic) bond motifs is 1. The molecule has 7 nitrogen and oxygen atoms in total. The number of aryl methyl sites for hydroxylation is 1. The van der Waals surface area contributed by atoms with Crippen molar-refractivity contribution in [2.75, 3.05) is 4.90 Å². The summed E-state index contributed by atoms with van der Waals surface area (Å²) in [5, 5.41) is 0.816. The molecule has 0 aliphatic carbocycles. The molecule has 0 spiro atoms. The van der Waals surface area contributed by atoms with E-state index in [9.17, 15) is 9.59 Å². The predicted octanol–water partition coefficient (Wildman–Crippen LogP) is 5.43. The number of carbonyl (C=O) groups is 2. The van der Waals surface area contributed by atoms with Crippen LogP contribution in [-0.2, 0) is 20.9 Å². The van der Waals surface area contributed by atoms with Crippen molar-refractivity contribution in [2.45, 2.75) is 39.5 Å². The first-order valence-corrected chi connectivity index (χ1v) is 12.5.